The Bertz CT molecular complexity index is 2140. The molecule has 1 saturated heterocycles. The number of aromatic nitrogens is 4. The van der Waals surface area contributed by atoms with Crippen LogP contribution in [0.15, 0.2) is 91.3 Å². The van der Waals surface area contributed by atoms with E-state index in [4.69, 9.17) is 35.1 Å². The summed E-state index contributed by atoms with van der Waals surface area (Å²) in [6, 6.07) is 27.5. The second-order valence-electron chi connectivity index (χ2n) is 16.5. The molecular weight excluding hydrogens is 798 g/mol. The molecule has 0 amide bonds. The van der Waals surface area contributed by atoms with Gasteiger partial charge in [0.25, 0.3) is 0 Å². The molecule has 3 atom stereocenters. The van der Waals surface area contributed by atoms with Crippen LogP contribution in [0.1, 0.15) is 133 Å². The number of hydrogen-bond acceptors (Lipinski definition) is 10. The number of halogens is 1. The Morgan fingerprint density at radius 1 is 0.841 bits per heavy atom. The van der Waals surface area contributed by atoms with Crippen molar-refractivity contribution in [3.05, 3.63) is 114 Å². The SMILES string of the molecule is C#C[C@]1(COCOC(=O)OCCCCCCCCCCCCCCCC)O[C@@H](n2cnc3c(NC(c4ccccc4)(c4ccccc4)c4ccc(OC)cc4)nc(F)nc32)C[C@@H]1C. The number of fused-ring (bicyclic) bond motifs is 1. The molecule has 0 bridgehead atoms. The van der Waals surface area contributed by atoms with E-state index in [1.807, 2.05) is 91.9 Å². The summed E-state index contributed by atoms with van der Waals surface area (Å²) in [6.45, 7) is 4.12. The van der Waals surface area contributed by atoms with Crippen LogP contribution in [0.2, 0.25) is 0 Å². The van der Waals surface area contributed by atoms with E-state index < -0.39 is 29.6 Å². The first-order chi connectivity index (χ1) is 30.8. The van der Waals surface area contributed by atoms with Crippen LogP contribution in [0, 0.1) is 24.3 Å². The zero-order chi connectivity index (χ0) is 44.3. The minimum Gasteiger partial charge on any atom is -0.497 e. The topological polar surface area (TPSA) is 119 Å². The quantitative estimate of drug-likeness (QED) is 0.0144. The highest BCUT2D eigenvalue weighted by Crippen LogP contribution is 2.44. The van der Waals surface area contributed by atoms with Crippen molar-refractivity contribution in [3.63, 3.8) is 0 Å². The van der Waals surface area contributed by atoms with Gasteiger partial charge in [0.1, 0.15) is 17.5 Å². The van der Waals surface area contributed by atoms with E-state index in [1.54, 1.807) is 18.0 Å². The summed E-state index contributed by atoms with van der Waals surface area (Å²) in [5.41, 5.74) is 1.00. The number of anilines is 1. The number of carbonyl (C=O) groups is 1. The van der Waals surface area contributed by atoms with Crippen LogP contribution in [0.3, 0.4) is 0 Å². The minimum atomic E-state index is -1.17. The fourth-order valence-electron chi connectivity index (χ4n) is 8.54. The summed E-state index contributed by atoms with van der Waals surface area (Å²) in [4.78, 5) is 25.5. The Kier molecular flexibility index (Phi) is 17.7. The molecule has 0 aliphatic carbocycles. The molecule has 336 valence electrons. The van der Waals surface area contributed by atoms with Gasteiger partial charge in [0.2, 0.25) is 0 Å². The van der Waals surface area contributed by atoms with Gasteiger partial charge in [-0.25, -0.2) is 9.78 Å². The van der Waals surface area contributed by atoms with Crippen molar-refractivity contribution in [2.45, 2.75) is 128 Å². The van der Waals surface area contributed by atoms with E-state index in [-0.39, 0.29) is 30.8 Å². The van der Waals surface area contributed by atoms with Crippen molar-refractivity contribution >= 4 is 23.1 Å². The number of benzene rings is 3. The van der Waals surface area contributed by atoms with Crippen molar-refractivity contribution in [2.24, 2.45) is 5.92 Å². The third-order valence-electron chi connectivity index (χ3n) is 12.2. The van der Waals surface area contributed by atoms with Crippen LogP contribution in [0.4, 0.5) is 15.0 Å². The van der Waals surface area contributed by atoms with Crippen molar-refractivity contribution in [3.8, 4) is 18.1 Å². The van der Waals surface area contributed by atoms with Gasteiger partial charge >= 0.3 is 12.2 Å². The van der Waals surface area contributed by atoms with E-state index in [2.05, 4.69) is 28.1 Å². The number of hydrogen-bond donors (Lipinski definition) is 1. The molecule has 2 aromatic heterocycles. The van der Waals surface area contributed by atoms with Gasteiger partial charge in [-0.1, -0.05) is 176 Å². The van der Waals surface area contributed by atoms with Crippen LogP contribution < -0.4 is 10.1 Å². The summed E-state index contributed by atoms with van der Waals surface area (Å²) >= 11 is 0. The van der Waals surface area contributed by atoms with Gasteiger partial charge in [-0.3, -0.25) is 4.57 Å². The lowest BCUT2D eigenvalue weighted by Crippen LogP contribution is -2.38. The molecular formula is C51H64FN5O6. The number of ether oxygens (including phenoxy) is 5. The average Bonchev–Trinajstić information content (AvgIpc) is 3.89. The fraction of sp³-hybridized carbons (Fsp3) is 0.490. The summed E-state index contributed by atoms with van der Waals surface area (Å²) in [6.07, 6.45) is 23.3. The predicted octanol–water partition coefficient (Wildman–Crippen LogP) is 11.9. The largest absolute Gasteiger partial charge is 0.510 e. The highest BCUT2D eigenvalue weighted by Gasteiger charge is 2.47. The zero-order valence-electron chi connectivity index (χ0n) is 37.2. The Balaban J connectivity index is 1.03. The molecule has 3 aromatic carbocycles. The molecule has 6 rings (SSSR count). The highest BCUT2D eigenvalue weighted by atomic mass is 19.1. The first kappa shape index (κ1) is 47.0. The lowest BCUT2D eigenvalue weighted by molar-refractivity contribution is -0.121. The smallest absolute Gasteiger partial charge is 0.497 e. The van der Waals surface area contributed by atoms with Gasteiger partial charge in [0, 0.05) is 5.92 Å². The van der Waals surface area contributed by atoms with Crippen LogP contribution in [0.5, 0.6) is 5.75 Å². The van der Waals surface area contributed by atoms with E-state index in [1.165, 1.54) is 70.6 Å². The average molecular weight is 862 g/mol. The van der Waals surface area contributed by atoms with Crippen molar-refractivity contribution < 1.29 is 32.9 Å². The molecule has 63 heavy (non-hydrogen) atoms. The standard InChI is InChI=1S/C51H64FN5O6/c1-5-7-8-9-10-11-12-13-14-15-16-17-18-25-34-61-49(58)62-38-60-36-50(6-2)39(3)35-44(63-50)57-37-53-45-46(54-48(52)55-47(45)57)56-51(40-26-21-19-22-27-40,41-28-23-20-24-29-41)42-30-32-43(59-4)33-31-42/h2,19-24,26-33,37,39,44H,5,7-18,25,34-36,38H2,1,3-4H3,(H,54,55,56)/t39-,44+,50+/m0/s1. The van der Waals surface area contributed by atoms with Crippen LogP contribution >= 0.6 is 0 Å². The molecule has 0 radical (unpaired) electrons. The molecule has 1 fully saturated rings. The summed E-state index contributed by atoms with van der Waals surface area (Å²) in [5, 5.41) is 3.63. The lowest BCUT2D eigenvalue weighted by atomic mass is 9.77. The molecule has 1 N–H and O–H groups in total. The molecule has 0 saturated carbocycles. The molecule has 12 heteroatoms. The Labute approximate surface area is 372 Å². The Hall–Kier alpha value is -5.51. The molecule has 5 aromatic rings. The van der Waals surface area contributed by atoms with Crippen LogP contribution in [-0.4, -0.2) is 58.4 Å². The van der Waals surface area contributed by atoms with Crippen molar-refractivity contribution in [1.29, 1.82) is 0 Å². The normalized spacial score (nSPS) is 17.4. The van der Waals surface area contributed by atoms with Crippen molar-refractivity contribution in [2.75, 3.05) is 32.4 Å². The van der Waals surface area contributed by atoms with E-state index in [9.17, 15) is 4.79 Å². The maximum atomic E-state index is 15.7. The van der Waals surface area contributed by atoms with E-state index in [0.29, 0.717) is 24.3 Å². The number of terminal acetylenes is 1. The van der Waals surface area contributed by atoms with Gasteiger partial charge in [0.15, 0.2) is 29.4 Å². The van der Waals surface area contributed by atoms with Gasteiger partial charge in [-0.05, 0) is 41.7 Å². The molecule has 1 aliphatic rings. The second kappa shape index (κ2) is 23.8. The number of imidazole rings is 1. The van der Waals surface area contributed by atoms with Gasteiger partial charge in [-0.2, -0.15) is 14.4 Å². The number of rotatable bonds is 26. The minimum absolute atomic E-state index is 0.0469. The van der Waals surface area contributed by atoms with Gasteiger partial charge < -0.3 is 29.0 Å². The van der Waals surface area contributed by atoms with Crippen LogP contribution in [0.25, 0.3) is 11.2 Å². The summed E-state index contributed by atoms with van der Waals surface area (Å²) in [7, 11) is 1.62. The Morgan fingerprint density at radius 3 is 1.98 bits per heavy atom. The molecule has 3 heterocycles. The van der Waals surface area contributed by atoms with E-state index in [0.717, 1.165) is 36.0 Å². The maximum Gasteiger partial charge on any atom is 0.510 e. The van der Waals surface area contributed by atoms with Gasteiger partial charge in [0.05, 0.1) is 26.7 Å². The molecule has 0 unspecified atom stereocenters. The van der Waals surface area contributed by atoms with Crippen molar-refractivity contribution in [1.82, 2.24) is 19.5 Å². The zero-order valence-corrected chi connectivity index (χ0v) is 37.2. The molecule has 1 aliphatic heterocycles. The molecule has 11 nitrogen and oxygen atoms in total. The number of carbonyl (C=O) groups excluding carboxylic acids is 1. The fourth-order valence-corrected chi connectivity index (χ4v) is 8.54. The third kappa shape index (κ3) is 12.2. The number of nitrogens with zero attached hydrogens (tertiary/aromatic N) is 4. The first-order valence-electron chi connectivity index (χ1n) is 22.8. The van der Waals surface area contributed by atoms with Crippen LogP contribution in [-0.2, 0) is 24.5 Å². The third-order valence-corrected chi connectivity index (χ3v) is 12.2. The number of unbranched alkanes of at least 4 members (excludes halogenated alkanes) is 13. The number of nitrogens with one attached hydrogen (secondary N) is 1. The predicted molar refractivity (Wildman–Crippen MR) is 244 cm³/mol. The monoisotopic (exact) mass is 861 g/mol. The highest BCUT2D eigenvalue weighted by molar-refractivity contribution is 5.84. The summed E-state index contributed by atoms with van der Waals surface area (Å²) in [5.74, 6) is 3.46. The lowest BCUT2D eigenvalue weighted by Gasteiger charge is -2.37. The van der Waals surface area contributed by atoms with E-state index >= 15 is 4.39 Å². The summed E-state index contributed by atoms with van der Waals surface area (Å²) < 4.78 is 45.5. The first-order valence-corrected chi connectivity index (χ1v) is 22.8. The molecule has 0 spiro atoms. The maximum absolute atomic E-state index is 15.7. The second-order valence-corrected chi connectivity index (χ2v) is 16.5. The number of methoxy groups -OCH3 is 1. The Morgan fingerprint density at radius 2 is 1.41 bits per heavy atom. The van der Waals surface area contributed by atoms with Gasteiger partial charge in [-0.15, -0.1) is 6.42 Å².